The van der Waals surface area contributed by atoms with Gasteiger partial charge in [-0.3, -0.25) is 4.90 Å². The molecule has 2 aliphatic rings. The zero-order chi connectivity index (χ0) is 14.8. The maximum atomic E-state index is 3.50. The van der Waals surface area contributed by atoms with Gasteiger partial charge in [-0.1, -0.05) is 25.3 Å². The summed E-state index contributed by atoms with van der Waals surface area (Å²) in [6.45, 7) is 4.64. The second kappa shape index (κ2) is 6.43. The fourth-order valence-electron chi connectivity index (χ4n) is 4.45. The Bertz CT molecular complexity index is 588. The highest BCUT2D eigenvalue weighted by Gasteiger charge is 2.30. The van der Waals surface area contributed by atoms with Crippen molar-refractivity contribution in [3.05, 3.63) is 36.0 Å². The maximum Gasteiger partial charge on any atom is 0.0454 e. The van der Waals surface area contributed by atoms with Crippen LogP contribution in [0.15, 0.2) is 30.5 Å². The molecule has 22 heavy (non-hydrogen) atoms. The summed E-state index contributed by atoms with van der Waals surface area (Å²) in [6.07, 6.45) is 9.12. The molecule has 2 N–H and O–H groups in total. The smallest absolute Gasteiger partial charge is 0.0454 e. The molecule has 1 aliphatic carbocycles. The van der Waals surface area contributed by atoms with Crippen LogP contribution in [-0.2, 0) is 0 Å². The number of hydrogen-bond acceptors (Lipinski definition) is 2. The van der Waals surface area contributed by atoms with E-state index in [-0.39, 0.29) is 0 Å². The van der Waals surface area contributed by atoms with Gasteiger partial charge >= 0.3 is 0 Å². The molecule has 1 atom stereocenters. The van der Waals surface area contributed by atoms with Gasteiger partial charge in [0.25, 0.3) is 0 Å². The Labute approximate surface area is 133 Å². The Hall–Kier alpha value is -1.32. The number of benzene rings is 1. The molecule has 1 saturated heterocycles. The van der Waals surface area contributed by atoms with Crippen molar-refractivity contribution in [2.75, 3.05) is 26.2 Å². The first-order valence-electron chi connectivity index (χ1n) is 8.93. The highest BCUT2D eigenvalue weighted by molar-refractivity contribution is 5.80. The third-order valence-electron chi connectivity index (χ3n) is 5.56. The first-order valence-corrected chi connectivity index (χ1v) is 8.93. The zero-order valence-corrected chi connectivity index (χ0v) is 13.4. The Morgan fingerprint density at radius 2 is 1.82 bits per heavy atom. The minimum absolute atomic E-state index is 0.613. The van der Waals surface area contributed by atoms with E-state index in [0.717, 1.165) is 19.0 Å². The van der Waals surface area contributed by atoms with E-state index in [1.54, 1.807) is 0 Å². The average molecular weight is 297 g/mol. The van der Waals surface area contributed by atoms with Crippen molar-refractivity contribution < 1.29 is 0 Å². The van der Waals surface area contributed by atoms with Gasteiger partial charge in [0.15, 0.2) is 0 Å². The fourth-order valence-corrected chi connectivity index (χ4v) is 4.45. The van der Waals surface area contributed by atoms with E-state index in [0.29, 0.717) is 6.04 Å². The molecule has 1 aliphatic heterocycles. The Morgan fingerprint density at radius 1 is 1.00 bits per heavy atom. The van der Waals surface area contributed by atoms with Crippen molar-refractivity contribution >= 4 is 10.9 Å². The largest absolute Gasteiger partial charge is 0.361 e. The van der Waals surface area contributed by atoms with Gasteiger partial charge < -0.3 is 10.3 Å². The SMILES string of the molecule is c1cc2cc([C@@H](C3CCCCC3)N3CCNCC3)ccc2[nH]1. The van der Waals surface area contributed by atoms with Crippen molar-refractivity contribution in [3.8, 4) is 0 Å². The van der Waals surface area contributed by atoms with Crippen molar-refractivity contribution in [1.29, 1.82) is 0 Å². The summed E-state index contributed by atoms with van der Waals surface area (Å²) < 4.78 is 0. The molecule has 118 valence electrons. The van der Waals surface area contributed by atoms with Crippen LogP contribution in [0.1, 0.15) is 43.7 Å². The minimum Gasteiger partial charge on any atom is -0.361 e. The number of nitrogens with one attached hydrogen (secondary N) is 2. The van der Waals surface area contributed by atoms with Crippen LogP contribution in [0, 0.1) is 5.92 Å². The van der Waals surface area contributed by atoms with E-state index in [4.69, 9.17) is 0 Å². The predicted molar refractivity (Wildman–Crippen MR) is 92.1 cm³/mol. The lowest BCUT2D eigenvalue weighted by molar-refractivity contribution is 0.103. The number of H-pyrrole nitrogens is 1. The highest BCUT2D eigenvalue weighted by Crippen LogP contribution is 2.39. The quantitative estimate of drug-likeness (QED) is 0.905. The van der Waals surface area contributed by atoms with Crippen LogP contribution < -0.4 is 5.32 Å². The molecule has 1 saturated carbocycles. The van der Waals surface area contributed by atoms with E-state index < -0.39 is 0 Å². The Morgan fingerprint density at radius 3 is 2.64 bits per heavy atom. The Balaban J connectivity index is 1.67. The van der Waals surface area contributed by atoms with Gasteiger partial charge in [0.1, 0.15) is 0 Å². The predicted octanol–water partition coefficient (Wildman–Crippen LogP) is 3.69. The van der Waals surface area contributed by atoms with Crippen LogP contribution in [0.3, 0.4) is 0 Å². The molecule has 2 heterocycles. The summed E-state index contributed by atoms with van der Waals surface area (Å²) in [6, 6.07) is 9.87. The van der Waals surface area contributed by atoms with Crippen LogP contribution in [0.5, 0.6) is 0 Å². The summed E-state index contributed by atoms with van der Waals surface area (Å²) in [7, 11) is 0. The standard InChI is InChI=1S/C19H27N3/c1-2-4-15(5-3-1)19(22-12-10-20-11-13-22)17-6-7-18-16(14-17)8-9-21-18/h6-9,14-15,19-21H,1-5,10-13H2/t19-/m1/s1. The van der Waals surface area contributed by atoms with Gasteiger partial charge in [0.05, 0.1) is 0 Å². The average Bonchev–Trinajstić information content (AvgIpc) is 3.05. The van der Waals surface area contributed by atoms with Crippen LogP contribution in [-0.4, -0.2) is 36.1 Å². The van der Waals surface area contributed by atoms with E-state index in [1.165, 1.54) is 61.7 Å². The van der Waals surface area contributed by atoms with Crippen LogP contribution in [0.4, 0.5) is 0 Å². The van der Waals surface area contributed by atoms with Crippen LogP contribution in [0.25, 0.3) is 10.9 Å². The zero-order valence-electron chi connectivity index (χ0n) is 13.4. The number of fused-ring (bicyclic) bond motifs is 1. The molecule has 2 fully saturated rings. The molecule has 0 amide bonds. The van der Waals surface area contributed by atoms with Gasteiger partial charge in [0.2, 0.25) is 0 Å². The summed E-state index contributed by atoms with van der Waals surface area (Å²) in [5.74, 6) is 0.836. The molecular formula is C19H27N3. The lowest BCUT2D eigenvalue weighted by atomic mass is 9.80. The fraction of sp³-hybridized carbons (Fsp3) is 0.579. The van der Waals surface area contributed by atoms with Crippen molar-refractivity contribution in [2.24, 2.45) is 5.92 Å². The summed E-state index contributed by atoms with van der Waals surface area (Å²) in [5, 5.41) is 4.86. The van der Waals surface area contributed by atoms with E-state index in [2.05, 4.69) is 45.7 Å². The van der Waals surface area contributed by atoms with Crippen LogP contribution >= 0.6 is 0 Å². The van der Waals surface area contributed by atoms with Gasteiger partial charge in [-0.2, -0.15) is 0 Å². The maximum absolute atomic E-state index is 3.50. The number of aromatic amines is 1. The molecular weight excluding hydrogens is 270 g/mol. The normalized spacial score (nSPS) is 22.9. The monoisotopic (exact) mass is 297 g/mol. The van der Waals surface area contributed by atoms with E-state index in [9.17, 15) is 0 Å². The first kappa shape index (κ1) is 14.3. The number of piperazine rings is 1. The highest BCUT2D eigenvalue weighted by atomic mass is 15.2. The lowest BCUT2D eigenvalue weighted by Gasteiger charge is -2.41. The molecule has 3 nitrogen and oxygen atoms in total. The number of rotatable bonds is 3. The van der Waals surface area contributed by atoms with Crippen molar-refractivity contribution in [1.82, 2.24) is 15.2 Å². The Kier molecular flexibility index (Phi) is 4.17. The van der Waals surface area contributed by atoms with Gasteiger partial charge in [-0.25, -0.2) is 0 Å². The molecule has 0 unspecified atom stereocenters. The second-order valence-electron chi connectivity index (χ2n) is 6.95. The molecule has 1 aromatic heterocycles. The third-order valence-corrected chi connectivity index (χ3v) is 5.56. The molecule has 3 heteroatoms. The van der Waals surface area contributed by atoms with Crippen LogP contribution in [0.2, 0.25) is 0 Å². The molecule has 0 radical (unpaired) electrons. The topological polar surface area (TPSA) is 31.1 Å². The summed E-state index contributed by atoms with van der Waals surface area (Å²) in [4.78, 5) is 6.06. The number of nitrogens with zero attached hydrogens (tertiary/aromatic N) is 1. The second-order valence-corrected chi connectivity index (χ2v) is 6.95. The number of aromatic nitrogens is 1. The molecule has 0 spiro atoms. The summed E-state index contributed by atoms with van der Waals surface area (Å²) >= 11 is 0. The minimum atomic E-state index is 0.613. The van der Waals surface area contributed by atoms with Crippen molar-refractivity contribution in [2.45, 2.75) is 38.1 Å². The molecule has 2 aromatic rings. The molecule has 1 aromatic carbocycles. The first-order chi connectivity index (χ1) is 10.9. The lowest BCUT2D eigenvalue weighted by Crippen LogP contribution is -2.47. The molecule has 4 rings (SSSR count). The number of hydrogen-bond donors (Lipinski definition) is 2. The third kappa shape index (κ3) is 2.80. The van der Waals surface area contributed by atoms with Gasteiger partial charge in [0, 0.05) is 43.9 Å². The van der Waals surface area contributed by atoms with Gasteiger partial charge in [-0.15, -0.1) is 0 Å². The van der Waals surface area contributed by atoms with E-state index in [1.807, 2.05) is 0 Å². The van der Waals surface area contributed by atoms with Gasteiger partial charge in [-0.05, 0) is 47.9 Å². The van der Waals surface area contributed by atoms with E-state index >= 15 is 0 Å². The summed E-state index contributed by atoms with van der Waals surface area (Å²) in [5.41, 5.74) is 2.78. The molecule has 0 bridgehead atoms. The van der Waals surface area contributed by atoms with Crippen molar-refractivity contribution in [3.63, 3.8) is 0 Å².